The van der Waals surface area contributed by atoms with Gasteiger partial charge in [0.25, 0.3) is 0 Å². The molecule has 2 aromatic heterocycles. The number of anilines is 1. The van der Waals surface area contributed by atoms with Gasteiger partial charge in [0.1, 0.15) is 18.0 Å². The fourth-order valence-corrected chi connectivity index (χ4v) is 4.68. The summed E-state index contributed by atoms with van der Waals surface area (Å²) in [6.45, 7) is 2.93. The molecule has 0 aliphatic carbocycles. The Balaban J connectivity index is 1.12. The van der Waals surface area contributed by atoms with E-state index in [1.54, 1.807) is 17.2 Å². The third kappa shape index (κ3) is 3.92. The van der Waals surface area contributed by atoms with Gasteiger partial charge in [-0.05, 0) is 24.5 Å². The molecule has 1 N–H and O–H groups in total. The summed E-state index contributed by atoms with van der Waals surface area (Å²) < 4.78 is 38.7. The van der Waals surface area contributed by atoms with Gasteiger partial charge in [-0.2, -0.15) is 18.3 Å². The number of rotatable bonds is 3. The maximum atomic E-state index is 12.9. The van der Waals surface area contributed by atoms with Crippen LogP contribution in [0.5, 0.6) is 0 Å². The highest BCUT2D eigenvalue weighted by molar-refractivity contribution is 5.76. The van der Waals surface area contributed by atoms with Gasteiger partial charge in [-0.1, -0.05) is 6.07 Å². The van der Waals surface area contributed by atoms with Crippen LogP contribution in [0.2, 0.25) is 0 Å². The monoisotopic (exact) mass is 435 g/mol. The van der Waals surface area contributed by atoms with Crippen molar-refractivity contribution in [2.75, 3.05) is 44.2 Å². The Morgan fingerprint density at radius 2 is 1.81 bits per heavy atom. The lowest BCUT2D eigenvalue weighted by Gasteiger charge is -2.41. The molecule has 0 saturated carbocycles. The minimum absolute atomic E-state index is 0.0353. The quantitative estimate of drug-likeness (QED) is 0.802. The highest BCUT2D eigenvalue weighted by atomic mass is 19.4. The van der Waals surface area contributed by atoms with Gasteiger partial charge in [-0.15, -0.1) is 0 Å². The summed E-state index contributed by atoms with van der Waals surface area (Å²) in [5.74, 6) is 0.526. The van der Waals surface area contributed by atoms with Crippen molar-refractivity contribution in [3.8, 4) is 0 Å². The van der Waals surface area contributed by atoms with E-state index in [2.05, 4.69) is 20.2 Å². The Kier molecular flexibility index (Phi) is 4.98. The molecule has 0 aromatic carbocycles. The van der Waals surface area contributed by atoms with Crippen LogP contribution in [0.1, 0.15) is 36.1 Å². The minimum Gasteiger partial charge on any atom is -0.356 e. The summed E-state index contributed by atoms with van der Waals surface area (Å²) >= 11 is 0. The molecule has 0 spiro atoms. The maximum Gasteiger partial charge on any atom is 0.393 e. The molecule has 0 bridgehead atoms. The van der Waals surface area contributed by atoms with Crippen molar-refractivity contribution in [2.45, 2.75) is 30.9 Å². The normalized spacial score (nSPS) is 24.7. The van der Waals surface area contributed by atoms with Crippen LogP contribution in [0.25, 0.3) is 0 Å². The number of pyridine rings is 1. The van der Waals surface area contributed by atoms with E-state index in [0.717, 1.165) is 17.8 Å². The predicted octanol–water partition coefficient (Wildman–Crippen LogP) is 2.60. The van der Waals surface area contributed by atoms with Gasteiger partial charge in [0, 0.05) is 57.3 Å². The largest absolute Gasteiger partial charge is 0.393 e. The zero-order valence-corrected chi connectivity index (χ0v) is 16.9. The molecule has 3 aliphatic rings. The third-order valence-electron chi connectivity index (χ3n) is 6.65. The molecule has 31 heavy (non-hydrogen) atoms. The molecular formula is C20H24F3N7O. The van der Waals surface area contributed by atoms with E-state index in [1.165, 1.54) is 6.33 Å². The topological polar surface area (TPSA) is 81.2 Å². The zero-order valence-electron chi connectivity index (χ0n) is 16.9. The molecule has 5 rings (SSSR count). The van der Waals surface area contributed by atoms with Crippen LogP contribution < -0.4 is 4.90 Å². The fraction of sp³-hybridized carbons (Fsp3) is 0.600. The number of nitrogens with zero attached hydrogens (tertiary/aromatic N) is 6. The van der Waals surface area contributed by atoms with E-state index in [0.29, 0.717) is 38.5 Å². The standard InChI is InChI=1S/C20H24F3N7O/c21-20(22,23)16-4-6-28(11-16)17-2-1-13(7-24-17)15-9-30(10-15)19(31)29-5-3-14(8-29)18-25-12-26-27-18/h1-2,7,12,14-16H,3-6,8-11H2,(H,25,26,27)/t14-,16+/m0/s1. The third-order valence-corrected chi connectivity index (χ3v) is 6.65. The smallest absolute Gasteiger partial charge is 0.356 e. The second kappa shape index (κ2) is 7.69. The van der Waals surface area contributed by atoms with Gasteiger partial charge in [-0.3, -0.25) is 5.10 Å². The Labute approximate surface area is 177 Å². The van der Waals surface area contributed by atoms with E-state index in [-0.39, 0.29) is 30.8 Å². The summed E-state index contributed by atoms with van der Waals surface area (Å²) in [5.41, 5.74) is 1.01. The molecule has 3 aliphatic heterocycles. The molecular weight excluding hydrogens is 411 g/mol. The van der Waals surface area contributed by atoms with Crippen molar-refractivity contribution in [1.82, 2.24) is 30.0 Å². The first-order valence-corrected chi connectivity index (χ1v) is 10.5. The number of alkyl halides is 3. The van der Waals surface area contributed by atoms with E-state index in [4.69, 9.17) is 0 Å². The van der Waals surface area contributed by atoms with Crippen molar-refractivity contribution in [1.29, 1.82) is 0 Å². The average Bonchev–Trinajstić information content (AvgIpc) is 3.47. The lowest BCUT2D eigenvalue weighted by atomic mass is 9.93. The SMILES string of the molecule is O=C(N1CC(c2ccc(N3CC[C@@H](C(F)(F)F)C3)nc2)C1)N1CC[C@H](c2ncn[nH]2)C1. The molecule has 0 radical (unpaired) electrons. The molecule has 2 atom stereocenters. The second-order valence-corrected chi connectivity index (χ2v) is 8.61. The Bertz CT molecular complexity index is 912. The van der Waals surface area contributed by atoms with Crippen LogP contribution >= 0.6 is 0 Å². The Morgan fingerprint density at radius 1 is 1.00 bits per heavy atom. The number of aromatic amines is 1. The van der Waals surface area contributed by atoms with Crippen LogP contribution in [-0.2, 0) is 0 Å². The van der Waals surface area contributed by atoms with Crippen molar-refractivity contribution >= 4 is 11.8 Å². The number of halogens is 3. The molecule has 5 heterocycles. The highest BCUT2D eigenvalue weighted by Gasteiger charge is 2.44. The number of amides is 2. The van der Waals surface area contributed by atoms with Gasteiger partial charge in [0.05, 0.1) is 5.92 Å². The number of likely N-dealkylation sites (tertiary alicyclic amines) is 2. The van der Waals surface area contributed by atoms with E-state index < -0.39 is 12.1 Å². The van der Waals surface area contributed by atoms with Crippen LogP contribution in [0, 0.1) is 5.92 Å². The van der Waals surface area contributed by atoms with Crippen molar-refractivity contribution < 1.29 is 18.0 Å². The predicted molar refractivity (Wildman–Crippen MR) is 106 cm³/mol. The summed E-state index contributed by atoms with van der Waals surface area (Å²) in [7, 11) is 0. The molecule has 3 saturated heterocycles. The molecule has 0 unspecified atom stereocenters. The first kappa shape index (κ1) is 20.1. The van der Waals surface area contributed by atoms with Gasteiger partial charge in [0.15, 0.2) is 0 Å². The van der Waals surface area contributed by atoms with Crippen molar-refractivity contribution in [3.63, 3.8) is 0 Å². The maximum absolute atomic E-state index is 12.9. The summed E-state index contributed by atoms with van der Waals surface area (Å²) in [4.78, 5) is 26.7. The van der Waals surface area contributed by atoms with Gasteiger partial charge < -0.3 is 14.7 Å². The number of nitrogens with one attached hydrogen (secondary N) is 1. The minimum atomic E-state index is -4.15. The van der Waals surface area contributed by atoms with E-state index in [9.17, 15) is 18.0 Å². The first-order chi connectivity index (χ1) is 14.9. The highest BCUT2D eigenvalue weighted by Crippen LogP contribution is 2.36. The molecule has 2 aromatic rings. The van der Waals surface area contributed by atoms with Gasteiger partial charge >= 0.3 is 12.2 Å². The summed E-state index contributed by atoms with van der Waals surface area (Å²) in [5, 5.41) is 6.76. The average molecular weight is 435 g/mol. The van der Waals surface area contributed by atoms with Crippen LogP contribution in [0.4, 0.5) is 23.8 Å². The van der Waals surface area contributed by atoms with Gasteiger partial charge in [0.2, 0.25) is 0 Å². The number of carbonyl (C=O) groups excluding carboxylic acids is 1. The first-order valence-electron chi connectivity index (χ1n) is 10.5. The number of hydrogen-bond donors (Lipinski definition) is 1. The molecule has 3 fully saturated rings. The van der Waals surface area contributed by atoms with E-state index >= 15 is 0 Å². The lowest BCUT2D eigenvalue weighted by molar-refractivity contribution is -0.168. The summed E-state index contributed by atoms with van der Waals surface area (Å²) in [6, 6.07) is 3.75. The number of aromatic nitrogens is 4. The number of H-pyrrole nitrogens is 1. The van der Waals surface area contributed by atoms with E-state index in [1.807, 2.05) is 15.9 Å². The van der Waals surface area contributed by atoms with Crippen LogP contribution in [0.3, 0.4) is 0 Å². The van der Waals surface area contributed by atoms with Crippen molar-refractivity contribution in [2.24, 2.45) is 5.92 Å². The summed E-state index contributed by atoms with van der Waals surface area (Å²) in [6.07, 6.45) is 0.0482. The number of urea groups is 1. The fourth-order valence-electron chi connectivity index (χ4n) is 4.68. The molecule has 2 amide bonds. The van der Waals surface area contributed by atoms with Crippen LogP contribution in [-0.4, -0.2) is 81.4 Å². The molecule has 166 valence electrons. The second-order valence-electron chi connectivity index (χ2n) is 8.61. The number of hydrogen-bond acceptors (Lipinski definition) is 5. The van der Waals surface area contributed by atoms with Crippen LogP contribution in [0.15, 0.2) is 24.7 Å². The number of carbonyl (C=O) groups is 1. The Hall–Kier alpha value is -2.85. The van der Waals surface area contributed by atoms with Gasteiger partial charge in [-0.25, -0.2) is 14.8 Å². The zero-order chi connectivity index (χ0) is 21.6. The Morgan fingerprint density at radius 3 is 2.45 bits per heavy atom. The van der Waals surface area contributed by atoms with Crippen molar-refractivity contribution in [3.05, 3.63) is 36.0 Å². The lowest BCUT2D eigenvalue weighted by Crippen LogP contribution is -2.53. The molecule has 11 heteroatoms. The molecule has 8 nitrogen and oxygen atoms in total.